The summed E-state index contributed by atoms with van der Waals surface area (Å²) in [4.78, 5) is 16.7. The van der Waals surface area contributed by atoms with Gasteiger partial charge in [0.15, 0.2) is 17.2 Å². The number of carbonyl (C=O) groups excluding carboxylic acids is 1. The molecule has 0 aliphatic carbocycles. The van der Waals surface area contributed by atoms with Crippen LogP contribution in [-0.2, 0) is 39.4 Å². The predicted molar refractivity (Wildman–Crippen MR) is 133 cm³/mol. The highest BCUT2D eigenvalue weighted by atomic mass is 32.2. The summed E-state index contributed by atoms with van der Waals surface area (Å²) in [5.41, 5.74) is 5.53. The number of sulfonamides is 1. The number of nitrogens with two attached hydrogens (primary N) is 1. The van der Waals surface area contributed by atoms with Crippen LogP contribution in [0.4, 0.5) is 5.82 Å². The van der Waals surface area contributed by atoms with Gasteiger partial charge in [0, 0.05) is 25.9 Å². The molecule has 5 heterocycles. The molecule has 3 fully saturated rings. The van der Waals surface area contributed by atoms with Crippen molar-refractivity contribution < 1.29 is 32.2 Å². The Labute approximate surface area is 220 Å². The molecule has 3 aliphatic rings. The summed E-state index contributed by atoms with van der Waals surface area (Å²) in [6.45, 7) is 4.20. The number of hydrogen-bond acceptors (Lipinski definition) is 11. The molecule has 0 aromatic carbocycles. The van der Waals surface area contributed by atoms with Gasteiger partial charge in [0.25, 0.3) is 0 Å². The van der Waals surface area contributed by atoms with E-state index < -0.39 is 45.7 Å². The summed E-state index contributed by atoms with van der Waals surface area (Å²) in [7, 11) is -3.24. The van der Waals surface area contributed by atoms with E-state index in [-0.39, 0.29) is 31.2 Å². The minimum atomic E-state index is -3.24. The van der Waals surface area contributed by atoms with Crippen molar-refractivity contribution in [3.63, 3.8) is 0 Å². The lowest BCUT2D eigenvalue weighted by Gasteiger charge is -2.40. The zero-order valence-corrected chi connectivity index (χ0v) is 22.4. The Bertz CT molecular complexity index is 1360. The van der Waals surface area contributed by atoms with Crippen LogP contribution in [-0.4, -0.2) is 83.3 Å². The lowest BCUT2D eigenvalue weighted by molar-refractivity contribution is -0.195. The second kappa shape index (κ2) is 9.73. The number of nitrogens with zero attached hydrogens (tertiary/aromatic N) is 5. The van der Waals surface area contributed by atoms with Gasteiger partial charge in [-0.3, -0.25) is 4.79 Å². The van der Waals surface area contributed by atoms with Gasteiger partial charge in [-0.1, -0.05) is 0 Å². The van der Waals surface area contributed by atoms with E-state index in [1.165, 1.54) is 21.4 Å². The highest BCUT2D eigenvalue weighted by molar-refractivity contribution is 7.88. The predicted octanol–water partition coefficient (Wildman–Crippen LogP) is 0.944. The monoisotopic (exact) mass is 548 g/mol. The van der Waals surface area contributed by atoms with Crippen molar-refractivity contribution in [2.45, 2.75) is 69.2 Å². The van der Waals surface area contributed by atoms with Crippen molar-refractivity contribution in [3.05, 3.63) is 24.2 Å². The van der Waals surface area contributed by atoms with Crippen LogP contribution in [0, 0.1) is 17.2 Å². The van der Waals surface area contributed by atoms with Crippen LogP contribution in [0.2, 0.25) is 0 Å². The molecule has 206 valence electrons. The molecule has 3 aliphatic heterocycles. The van der Waals surface area contributed by atoms with Gasteiger partial charge < -0.3 is 24.7 Å². The minimum Gasteiger partial charge on any atom is -0.463 e. The lowest BCUT2D eigenvalue weighted by atomic mass is 9.86. The average Bonchev–Trinajstić information content (AvgIpc) is 3.43. The van der Waals surface area contributed by atoms with Gasteiger partial charge >= 0.3 is 5.97 Å². The molecule has 2 N–H and O–H groups in total. The number of carbonyl (C=O) groups is 1. The lowest BCUT2D eigenvalue weighted by Crippen LogP contribution is -2.53. The van der Waals surface area contributed by atoms with E-state index in [1.807, 2.05) is 0 Å². The molecule has 5 rings (SSSR count). The molecule has 0 bridgehead atoms. The molecule has 38 heavy (non-hydrogen) atoms. The summed E-state index contributed by atoms with van der Waals surface area (Å²) in [5.74, 6) is -1.03. The third-order valence-corrected chi connectivity index (χ3v) is 8.71. The number of nitrogen functional groups attached to an aromatic ring is 1. The summed E-state index contributed by atoms with van der Waals surface area (Å²) < 4.78 is 50.7. The fraction of sp³-hybridized carbons (Fsp3) is 0.667. The number of hydrogen-bond donors (Lipinski definition) is 1. The molecule has 0 amide bonds. The van der Waals surface area contributed by atoms with E-state index in [1.54, 1.807) is 26.0 Å². The SMILES string of the molecule is CC1(C)O[C@H]2[C@H](C[C@](C#N)(c3ccc4c(N)ncnn34)O[C@@H]2COC(=O)CC2CCN(S(C)(=O)=O)CC2)O1. The Balaban J connectivity index is 1.31. The fourth-order valence-electron chi connectivity index (χ4n) is 5.59. The third kappa shape index (κ3) is 5.08. The molecule has 14 heteroatoms. The van der Waals surface area contributed by atoms with Crippen molar-refractivity contribution in [1.82, 2.24) is 18.9 Å². The summed E-state index contributed by atoms with van der Waals surface area (Å²) in [6.07, 6.45) is 2.19. The molecule has 0 radical (unpaired) electrons. The van der Waals surface area contributed by atoms with Crippen LogP contribution in [0.15, 0.2) is 18.5 Å². The Hall–Kier alpha value is -2.83. The molecule has 2 aromatic rings. The van der Waals surface area contributed by atoms with Gasteiger partial charge in [-0.15, -0.1) is 0 Å². The second-order valence-corrected chi connectivity index (χ2v) is 12.6. The molecule has 3 saturated heterocycles. The van der Waals surface area contributed by atoms with Crippen molar-refractivity contribution in [2.75, 3.05) is 31.7 Å². The molecule has 0 saturated carbocycles. The maximum absolute atomic E-state index is 12.7. The molecule has 4 atom stereocenters. The molecule has 2 aromatic heterocycles. The largest absolute Gasteiger partial charge is 0.463 e. The first-order valence-corrected chi connectivity index (χ1v) is 14.4. The first-order valence-electron chi connectivity index (χ1n) is 12.5. The molecule has 0 spiro atoms. The van der Waals surface area contributed by atoms with E-state index in [4.69, 9.17) is 24.7 Å². The van der Waals surface area contributed by atoms with Gasteiger partial charge in [-0.25, -0.2) is 22.2 Å². The molecular formula is C24H32N6O7S. The third-order valence-electron chi connectivity index (χ3n) is 7.41. The van der Waals surface area contributed by atoms with Crippen molar-refractivity contribution >= 4 is 27.3 Å². The maximum atomic E-state index is 12.7. The highest BCUT2D eigenvalue weighted by Crippen LogP contribution is 2.45. The van der Waals surface area contributed by atoms with E-state index in [0.717, 1.165) is 0 Å². The number of ether oxygens (including phenoxy) is 4. The first-order chi connectivity index (χ1) is 17.9. The van der Waals surface area contributed by atoms with E-state index >= 15 is 0 Å². The Morgan fingerprint density at radius 3 is 2.68 bits per heavy atom. The van der Waals surface area contributed by atoms with Crippen molar-refractivity contribution in [3.8, 4) is 6.07 Å². The van der Waals surface area contributed by atoms with Gasteiger partial charge in [0.2, 0.25) is 10.0 Å². The van der Waals surface area contributed by atoms with Crippen LogP contribution >= 0.6 is 0 Å². The number of nitriles is 1. The summed E-state index contributed by atoms with van der Waals surface area (Å²) >= 11 is 0. The van der Waals surface area contributed by atoms with Gasteiger partial charge in [0.05, 0.1) is 18.1 Å². The Morgan fingerprint density at radius 2 is 2.00 bits per heavy atom. The van der Waals surface area contributed by atoms with E-state index in [2.05, 4.69) is 16.2 Å². The number of piperidine rings is 1. The van der Waals surface area contributed by atoms with E-state index in [0.29, 0.717) is 37.1 Å². The summed E-state index contributed by atoms with van der Waals surface area (Å²) in [5, 5.41) is 14.6. The number of anilines is 1. The second-order valence-electron chi connectivity index (χ2n) is 10.6. The normalized spacial score (nSPS) is 30.1. The molecular weight excluding hydrogens is 516 g/mol. The molecule has 0 unspecified atom stereocenters. The number of aromatic nitrogens is 3. The topological polar surface area (TPSA) is 171 Å². The molecule has 13 nitrogen and oxygen atoms in total. The van der Waals surface area contributed by atoms with Crippen molar-refractivity contribution in [1.29, 1.82) is 5.26 Å². The van der Waals surface area contributed by atoms with E-state index in [9.17, 15) is 18.5 Å². The Kier molecular flexibility index (Phi) is 6.85. The fourth-order valence-corrected chi connectivity index (χ4v) is 6.46. The zero-order valence-electron chi connectivity index (χ0n) is 21.6. The number of rotatable bonds is 6. The van der Waals surface area contributed by atoms with Crippen LogP contribution < -0.4 is 5.73 Å². The number of esters is 1. The Morgan fingerprint density at radius 1 is 1.26 bits per heavy atom. The first kappa shape index (κ1) is 26.8. The quantitative estimate of drug-likeness (QED) is 0.509. The van der Waals surface area contributed by atoms with Crippen LogP contribution in [0.1, 0.15) is 45.2 Å². The number of fused-ring (bicyclic) bond motifs is 2. The smallest absolute Gasteiger partial charge is 0.306 e. The van der Waals surface area contributed by atoms with Crippen LogP contribution in [0.3, 0.4) is 0 Å². The summed E-state index contributed by atoms with van der Waals surface area (Å²) in [6, 6.07) is 5.74. The van der Waals surface area contributed by atoms with Gasteiger partial charge in [-0.05, 0) is 44.7 Å². The standard InChI is InChI=1S/C24H32N6O7S/c1-23(2)35-17-11-24(13-25,19-5-4-16-22(26)27-14-28-30(16)19)36-18(21(17)37-23)12-34-20(31)10-15-6-8-29(9-7-15)38(3,32)33/h4-5,14-15,17-18,21H,6-12H2,1-3H3,(H2,26,27,28)/t17-,18+,21-,24-/m0/s1. The average molecular weight is 549 g/mol. The van der Waals surface area contributed by atoms with Crippen LogP contribution in [0.25, 0.3) is 5.52 Å². The maximum Gasteiger partial charge on any atom is 0.306 e. The van der Waals surface area contributed by atoms with Gasteiger partial charge in [-0.2, -0.15) is 10.4 Å². The highest BCUT2D eigenvalue weighted by Gasteiger charge is 2.57. The van der Waals surface area contributed by atoms with Crippen molar-refractivity contribution in [2.24, 2.45) is 5.92 Å². The zero-order chi connectivity index (χ0) is 27.3. The van der Waals surface area contributed by atoms with Crippen LogP contribution in [0.5, 0.6) is 0 Å². The van der Waals surface area contributed by atoms with Gasteiger partial charge in [0.1, 0.15) is 36.7 Å². The minimum absolute atomic E-state index is 0.0287.